The Morgan fingerprint density at radius 1 is 0.368 bits per heavy atom. The van der Waals surface area contributed by atoms with E-state index in [0.29, 0.717) is 31.4 Å². The second-order valence-electron chi connectivity index (χ2n) is 32.4. The number of hydrogen-bond donors (Lipinski definition) is 1. The van der Waals surface area contributed by atoms with Gasteiger partial charge in [-0.25, -0.2) is 28.5 Å². The molecule has 3 heterocycles. The number of ether oxygens (including phenoxy) is 12. The van der Waals surface area contributed by atoms with E-state index < -0.39 is 81.3 Å². The molecule has 9 aromatic rings. The van der Waals surface area contributed by atoms with E-state index in [0.717, 1.165) is 52.5 Å². The van der Waals surface area contributed by atoms with Crippen molar-refractivity contribution in [2.24, 2.45) is 42.7 Å². The average Bonchev–Trinajstić information content (AvgIpc) is 0.755. The fraction of sp³-hybridized carbons (Fsp3) is 0.416. The minimum atomic E-state index is -1.13. The Bertz CT molecular complexity index is 5730. The SMILES string of the molecule is CCC(C)(C)C(=O)OC.CCC(C)(C)C(=O)OCCOC(=O)Oc1c(Cc2ccccc2)c(=O)n(C)c(=O)n1C.CCC(C)C(=O)OCCOC(=O)CC(C)=O.CCC(C)C(=O)OCCOC(=O)CCC(=O)Oc1[nH]c(=O)n(Cc2ccccc2)c(=O)c1Cc1ccccc1.CCC(C)C(=O)OCCOC(=O)Oc1c(Cc2ccccc2)c(=O)n(-c2ccccc2)c(=O)n1Cc1ccccc1. The second-order valence-corrected chi connectivity index (χ2v) is 32.4. The van der Waals surface area contributed by atoms with E-state index in [1.165, 1.54) is 32.7 Å². The molecule has 0 bridgehead atoms. The number of ketones is 1. The minimum Gasteiger partial charge on any atom is -0.469 e. The van der Waals surface area contributed by atoms with Gasteiger partial charge in [0.25, 0.3) is 16.7 Å². The van der Waals surface area contributed by atoms with Gasteiger partial charge in [0.15, 0.2) is 0 Å². The maximum Gasteiger partial charge on any atom is 0.515 e. The fourth-order valence-electron chi connectivity index (χ4n) is 11.7. The van der Waals surface area contributed by atoms with Crippen LogP contribution < -0.4 is 48.0 Å². The molecule has 0 radical (unpaired) electrons. The Balaban J connectivity index is 0.000000322. The predicted octanol–water partition coefficient (Wildman–Crippen LogP) is 12.6. The average molecular weight is 1890 g/mol. The third kappa shape index (κ3) is 37.1. The number of para-hydroxylation sites is 1. The first-order chi connectivity index (χ1) is 64.8. The highest BCUT2D eigenvalue weighted by molar-refractivity contribution is 5.94. The molecule has 0 amide bonds. The molecule has 0 aliphatic heterocycles. The predicted molar refractivity (Wildman–Crippen MR) is 502 cm³/mol. The molecule has 35 heteroatoms. The van der Waals surface area contributed by atoms with Crippen LogP contribution in [0, 0.1) is 28.6 Å². The number of aromatic amines is 1. The van der Waals surface area contributed by atoms with Gasteiger partial charge < -0.3 is 56.8 Å². The molecule has 732 valence electrons. The van der Waals surface area contributed by atoms with Crippen molar-refractivity contribution in [1.82, 2.24) is 27.8 Å². The number of aromatic nitrogens is 6. The summed E-state index contributed by atoms with van der Waals surface area (Å²) in [7, 11) is 4.17. The topological polar surface area (TPSA) is 441 Å². The van der Waals surface area contributed by atoms with Gasteiger partial charge in [-0.15, -0.1) is 0 Å². The zero-order valence-corrected chi connectivity index (χ0v) is 80.0. The molecule has 0 saturated carbocycles. The number of carbonyl (C=O) groups excluding carboxylic acids is 11. The van der Waals surface area contributed by atoms with Crippen molar-refractivity contribution in [2.45, 2.75) is 174 Å². The molecule has 6 aromatic carbocycles. The van der Waals surface area contributed by atoms with Gasteiger partial charge >= 0.3 is 77.1 Å². The van der Waals surface area contributed by atoms with Gasteiger partial charge in [-0.1, -0.05) is 225 Å². The maximum atomic E-state index is 13.9. The van der Waals surface area contributed by atoms with Gasteiger partial charge in [-0.05, 0) is 107 Å². The monoisotopic (exact) mass is 1880 g/mol. The molecule has 136 heavy (non-hydrogen) atoms. The normalized spacial score (nSPS) is 11.4. The molecule has 0 fully saturated rings. The molecule has 0 aliphatic rings. The number of H-pyrrole nitrogens is 1. The Labute approximate surface area is 788 Å². The highest BCUT2D eigenvalue weighted by atomic mass is 16.7. The van der Waals surface area contributed by atoms with Gasteiger partial charge in [0.05, 0.1) is 84.0 Å². The van der Waals surface area contributed by atoms with E-state index in [1.54, 1.807) is 89.2 Å². The van der Waals surface area contributed by atoms with Crippen LogP contribution >= 0.6 is 0 Å². The zero-order valence-electron chi connectivity index (χ0n) is 80.0. The molecular formula is C101H124N6O29. The van der Waals surface area contributed by atoms with E-state index in [9.17, 15) is 81.5 Å². The van der Waals surface area contributed by atoms with Gasteiger partial charge in [0.2, 0.25) is 17.6 Å². The highest BCUT2D eigenvalue weighted by Gasteiger charge is 2.31. The Morgan fingerprint density at radius 2 is 0.721 bits per heavy atom. The molecule has 3 unspecified atom stereocenters. The third-order valence-corrected chi connectivity index (χ3v) is 21.3. The number of hydrogen-bond acceptors (Lipinski definition) is 29. The van der Waals surface area contributed by atoms with Crippen LogP contribution in [0.15, 0.2) is 211 Å². The van der Waals surface area contributed by atoms with Crippen molar-refractivity contribution in [1.29, 1.82) is 0 Å². The van der Waals surface area contributed by atoms with Crippen LogP contribution in [0.3, 0.4) is 0 Å². The lowest BCUT2D eigenvalue weighted by Gasteiger charge is -2.20. The Kier molecular flexibility index (Phi) is 47.4. The van der Waals surface area contributed by atoms with Gasteiger partial charge in [-0.3, -0.25) is 80.8 Å². The molecule has 35 nitrogen and oxygen atoms in total. The molecule has 0 aliphatic carbocycles. The summed E-state index contributed by atoms with van der Waals surface area (Å²) in [6.07, 6.45) is 0.668. The summed E-state index contributed by atoms with van der Waals surface area (Å²) in [6.45, 7) is 22.4. The molecular weight excluding hydrogens is 1760 g/mol. The van der Waals surface area contributed by atoms with Crippen LogP contribution in [0.4, 0.5) is 9.59 Å². The number of benzene rings is 6. The summed E-state index contributed by atoms with van der Waals surface area (Å²) in [4.78, 5) is 210. The first-order valence-corrected chi connectivity index (χ1v) is 44.5. The van der Waals surface area contributed by atoms with Crippen molar-refractivity contribution < 1.29 is 110 Å². The largest absolute Gasteiger partial charge is 0.515 e. The first-order valence-electron chi connectivity index (χ1n) is 44.5. The number of esters is 8. The Hall–Kier alpha value is -14.7. The zero-order chi connectivity index (χ0) is 101. The molecule has 3 aromatic heterocycles. The Morgan fingerprint density at radius 3 is 1.12 bits per heavy atom. The van der Waals surface area contributed by atoms with Gasteiger partial charge in [0.1, 0.15) is 65.1 Å². The fourth-order valence-corrected chi connectivity index (χ4v) is 11.7. The lowest BCUT2D eigenvalue weighted by molar-refractivity contribution is -0.155. The molecule has 1 N–H and O–H groups in total. The maximum absolute atomic E-state index is 13.9. The van der Waals surface area contributed by atoms with Crippen molar-refractivity contribution in [2.75, 3.05) is 60.0 Å². The molecule has 9 rings (SSSR count). The van der Waals surface area contributed by atoms with E-state index in [-0.39, 0.29) is 186 Å². The van der Waals surface area contributed by atoms with Crippen molar-refractivity contribution in [3.63, 3.8) is 0 Å². The number of Topliss-reactive ketones (excluding diaryl/α,β-unsaturated/α-hetero) is 1. The summed E-state index contributed by atoms with van der Waals surface area (Å²) < 4.78 is 66.0. The summed E-state index contributed by atoms with van der Waals surface area (Å²) >= 11 is 0. The summed E-state index contributed by atoms with van der Waals surface area (Å²) in [5, 5.41) is 0. The smallest absolute Gasteiger partial charge is 0.469 e. The summed E-state index contributed by atoms with van der Waals surface area (Å²) in [5.41, 5.74) is -0.111. The van der Waals surface area contributed by atoms with Crippen LogP contribution in [0.2, 0.25) is 0 Å². The van der Waals surface area contributed by atoms with Crippen LogP contribution in [0.5, 0.6) is 17.6 Å². The van der Waals surface area contributed by atoms with Gasteiger partial charge in [-0.2, -0.15) is 0 Å². The summed E-state index contributed by atoms with van der Waals surface area (Å²) in [6, 6.07) is 54.2. The second kappa shape index (κ2) is 57.7. The molecule has 0 spiro atoms. The summed E-state index contributed by atoms with van der Waals surface area (Å²) in [5.74, 6) is -5.24. The van der Waals surface area contributed by atoms with Crippen LogP contribution in [0.1, 0.15) is 186 Å². The molecule has 0 saturated heterocycles. The van der Waals surface area contributed by atoms with E-state index in [1.807, 2.05) is 176 Å². The van der Waals surface area contributed by atoms with Crippen molar-refractivity contribution in [3.05, 3.63) is 289 Å². The van der Waals surface area contributed by atoms with E-state index in [2.05, 4.69) is 14.5 Å². The third-order valence-electron chi connectivity index (χ3n) is 21.3. The van der Waals surface area contributed by atoms with E-state index in [4.69, 9.17) is 47.4 Å². The van der Waals surface area contributed by atoms with Crippen molar-refractivity contribution >= 4 is 65.8 Å². The van der Waals surface area contributed by atoms with Crippen molar-refractivity contribution in [3.8, 4) is 23.3 Å². The first kappa shape index (κ1) is 112. The van der Waals surface area contributed by atoms with Crippen LogP contribution in [-0.2, 0) is 132 Å². The molecule has 3 atom stereocenters. The number of nitrogens with one attached hydrogen (secondary N) is 1. The number of rotatable bonds is 41. The number of nitrogens with zero attached hydrogens (tertiary/aromatic N) is 5. The standard InChI is InChI=1S/C32H32N2O7.C29H32N2O8.C22H28N2O7.C11H18O5.C7H14O2/c1-3-23(2)30(36)39-19-20-40-32(38)41-29-27(21-24-13-7-4-8-14-24)28(35)34(26-17-11-6-12-18-26)31(37)33(29)22-25-15-9-5-10-16-25;1-3-20(2)28(35)38-17-16-37-24(32)14-15-25(33)39-26-23(18-21-10-6-4-7-11-21)27(34)31(29(36)30-26)19-22-12-8-5-9-13-22;1-6-22(2,3)19(26)29-12-13-30-21(28)31-18-16(14-15-10-8-7-9-11-15)17(25)23(4)20(27)24(18)5;1-4-8(2)11(14)16-6-5-15-10(13)7-9(3)12;1-5-7(2,3)6(8)9-4/h4-18,23H,3,19-22H2,1-2H3;4-13,20H,3,14-19H2,1-2H3,(H,30,36);7-11H,6,12-14H2,1-5H3;8H,4-7H2,1-3H3;5H2,1-4H3. The lowest BCUT2D eigenvalue weighted by Crippen LogP contribution is -2.42. The van der Waals surface area contributed by atoms with Crippen LogP contribution in [0.25, 0.3) is 5.69 Å². The lowest BCUT2D eigenvalue weighted by atomic mass is 9.91. The van der Waals surface area contributed by atoms with E-state index >= 15 is 0 Å². The van der Waals surface area contributed by atoms with Gasteiger partial charge in [0, 0.05) is 33.4 Å². The highest BCUT2D eigenvalue weighted by Crippen LogP contribution is 2.26. The number of carbonyl (C=O) groups is 11. The number of methoxy groups -OCH3 is 1. The minimum absolute atomic E-state index is 0.00567. The van der Waals surface area contributed by atoms with Crippen LogP contribution in [-0.4, -0.2) is 154 Å². The quantitative estimate of drug-likeness (QED) is 0.0161.